The molecule has 0 heterocycles. The van der Waals surface area contributed by atoms with E-state index in [2.05, 4.69) is 6.58 Å². The van der Waals surface area contributed by atoms with Crippen LogP contribution in [0, 0.1) is 0 Å². The molecule has 0 saturated heterocycles. The first kappa shape index (κ1) is 11.9. The average Bonchev–Trinajstić information content (AvgIpc) is 1.63. The van der Waals surface area contributed by atoms with Crippen molar-refractivity contribution in [2.24, 2.45) is 0 Å². The molecule has 0 spiro atoms. The fraction of sp³-hybridized carbons (Fsp3) is 0.200. The van der Waals surface area contributed by atoms with Crippen LogP contribution in [0.15, 0.2) is 12.2 Å². The Hall–Kier alpha value is -0.814. The van der Waals surface area contributed by atoms with Gasteiger partial charge < -0.3 is 10.2 Å². The Balaban J connectivity index is 0. The Bertz CT molecular complexity index is 163. The van der Waals surface area contributed by atoms with Gasteiger partial charge in [-0.3, -0.25) is 4.79 Å². The zero-order valence-electron chi connectivity index (χ0n) is 4.96. The fourth-order valence-electron chi connectivity index (χ4n) is 0.258. The second kappa shape index (κ2) is 5.01. The molecular weight excluding hydrogens is 183 g/mol. The predicted molar refractivity (Wildman–Crippen MR) is 29.0 cm³/mol. The van der Waals surface area contributed by atoms with Gasteiger partial charge in [0.15, 0.2) is 0 Å². The van der Waals surface area contributed by atoms with Crippen LogP contribution in [-0.4, -0.2) is 22.2 Å². The van der Waals surface area contributed by atoms with E-state index in [1.165, 1.54) is 0 Å². The van der Waals surface area contributed by atoms with E-state index < -0.39 is 18.4 Å². The molecule has 10 heavy (non-hydrogen) atoms. The quantitative estimate of drug-likeness (QED) is 0.617. The maximum Gasteiger partial charge on any atom is 0.331 e. The summed E-state index contributed by atoms with van der Waals surface area (Å²) in [4.78, 5) is 19.7. The zero-order valence-corrected chi connectivity index (χ0v) is 6.00. The molecule has 0 saturated carbocycles. The molecule has 59 valence electrons. The maximum atomic E-state index is 9.87. The molecule has 0 amide bonds. The van der Waals surface area contributed by atoms with E-state index in [4.69, 9.17) is 10.2 Å². The molecule has 0 unspecified atom stereocenters. The Morgan fingerprint density at radius 2 is 1.70 bits per heavy atom. The summed E-state index contributed by atoms with van der Waals surface area (Å²) in [6, 6.07) is 0. The summed E-state index contributed by atoms with van der Waals surface area (Å²) in [5.74, 6) is -2.44. The molecule has 0 aromatic rings. The van der Waals surface area contributed by atoms with Gasteiger partial charge in [-0.05, 0) is 0 Å². The Morgan fingerprint density at radius 3 is 1.80 bits per heavy atom. The molecular formula is C5H6CoO4. The van der Waals surface area contributed by atoms with Crippen molar-refractivity contribution in [2.45, 2.75) is 6.42 Å². The van der Waals surface area contributed by atoms with Crippen LogP contribution in [-0.2, 0) is 26.4 Å². The summed E-state index contributed by atoms with van der Waals surface area (Å²) < 4.78 is 0. The molecule has 5 heteroatoms. The van der Waals surface area contributed by atoms with E-state index in [0.717, 1.165) is 0 Å². The SMILES string of the molecule is C=C(CC(=O)O)C(=O)O.[Co]. The third-order valence-corrected chi connectivity index (χ3v) is 0.667. The molecule has 0 aliphatic heterocycles. The molecule has 0 aliphatic rings. The van der Waals surface area contributed by atoms with E-state index in [9.17, 15) is 9.59 Å². The zero-order chi connectivity index (χ0) is 7.44. The molecule has 0 fully saturated rings. The third kappa shape index (κ3) is 5.33. The van der Waals surface area contributed by atoms with Crippen LogP contribution in [0.1, 0.15) is 6.42 Å². The standard InChI is InChI=1S/C5H6O4.Co/c1-3(5(8)9)2-4(6)7;/h1-2H2,(H,6,7)(H,8,9);. The van der Waals surface area contributed by atoms with Crippen molar-refractivity contribution in [3.8, 4) is 0 Å². The van der Waals surface area contributed by atoms with Crippen molar-refractivity contribution in [1.82, 2.24) is 0 Å². The van der Waals surface area contributed by atoms with Crippen LogP contribution in [0.4, 0.5) is 0 Å². The summed E-state index contributed by atoms with van der Waals surface area (Å²) in [5, 5.41) is 16.1. The topological polar surface area (TPSA) is 74.6 Å². The van der Waals surface area contributed by atoms with Crippen LogP contribution in [0.2, 0.25) is 0 Å². The summed E-state index contributed by atoms with van der Waals surface area (Å²) in [6.07, 6.45) is -0.505. The molecule has 0 aliphatic carbocycles. The van der Waals surface area contributed by atoms with E-state index in [1.807, 2.05) is 0 Å². The van der Waals surface area contributed by atoms with Crippen molar-refractivity contribution in [3.05, 3.63) is 12.2 Å². The largest absolute Gasteiger partial charge is 0.481 e. The van der Waals surface area contributed by atoms with Crippen LogP contribution >= 0.6 is 0 Å². The van der Waals surface area contributed by atoms with Gasteiger partial charge in [-0.25, -0.2) is 4.79 Å². The smallest absolute Gasteiger partial charge is 0.331 e. The monoisotopic (exact) mass is 189 g/mol. The second-order valence-corrected chi connectivity index (χ2v) is 1.48. The van der Waals surface area contributed by atoms with Crippen LogP contribution in [0.25, 0.3) is 0 Å². The van der Waals surface area contributed by atoms with E-state index in [1.54, 1.807) is 0 Å². The normalized spacial score (nSPS) is 7.60. The number of rotatable bonds is 3. The minimum absolute atomic E-state index is 0. The van der Waals surface area contributed by atoms with Gasteiger partial charge in [0.25, 0.3) is 0 Å². The van der Waals surface area contributed by atoms with Crippen LogP contribution in [0.5, 0.6) is 0 Å². The molecule has 0 aromatic heterocycles. The van der Waals surface area contributed by atoms with Crippen LogP contribution < -0.4 is 0 Å². The van der Waals surface area contributed by atoms with Gasteiger partial charge in [0.1, 0.15) is 0 Å². The number of aliphatic carboxylic acids is 2. The van der Waals surface area contributed by atoms with Gasteiger partial charge in [-0.2, -0.15) is 0 Å². The summed E-state index contributed by atoms with van der Waals surface area (Å²) >= 11 is 0. The van der Waals surface area contributed by atoms with Crippen molar-refractivity contribution < 1.29 is 36.6 Å². The minimum atomic E-state index is -1.27. The molecule has 4 nitrogen and oxygen atoms in total. The van der Waals surface area contributed by atoms with Gasteiger partial charge in [0, 0.05) is 22.4 Å². The predicted octanol–water partition coefficient (Wildman–Crippen LogP) is 0.0994. The average molecular weight is 189 g/mol. The van der Waals surface area contributed by atoms with Gasteiger partial charge in [-0.15, -0.1) is 0 Å². The Kier molecular flexibility index (Phi) is 5.97. The second-order valence-electron chi connectivity index (χ2n) is 1.48. The first-order valence-corrected chi connectivity index (χ1v) is 2.17. The van der Waals surface area contributed by atoms with Crippen molar-refractivity contribution >= 4 is 11.9 Å². The van der Waals surface area contributed by atoms with Gasteiger partial charge >= 0.3 is 11.9 Å². The number of hydrogen-bond donors (Lipinski definition) is 2. The maximum absolute atomic E-state index is 9.87. The van der Waals surface area contributed by atoms with E-state index in [0.29, 0.717) is 0 Å². The van der Waals surface area contributed by atoms with E-state index >= 15 is 0 Å². The number of carboxylic acid groups (broad SMARTS) is 2. The fourth-order valence-corrected chi connectivity index (χ4v) is 0.258. The molecule has 0 aromatic carbocycles. The Morgan fingerprint density at radius 1 is 1.30 bits per heavy atom. The number of hydrogen-bond acceptors (Lipinski definition) is 2. The summed E-state index contributed by atoms with van der Waals surface area (Å²) in [6.45, 7) is 3.01. The number of carbonyl (C=O) groups is 2. The van der Waals surface area contributed by atoms with Crippen molar-refractivity contribution in [2.75, 3.05) is 0 Å². The molecule has 1 radical (unpaired) electrons. The van der Waals surface area contributed by atoms with Gasteiger partial charge in [0.2, 0.25) is 0 Å². The third-order valence-electron chi connectivity index (χ3n) is 0.667. The Labute approximate surface area is 67.7 Å². The molecule has 0 atom stereocenters. The molecule has 0 rings (SSSR count). The van der Waals surface area contributed by atoms with Crippen molar-refractivity contribution in [1.29, 1.82) is 0 Å². The number of carboxylic acids is 2. The van der Waals surface area contributed by atoms with E-state index in [-0.39, 0.29) is 22.4 Å². The van der Waals surface area contributed by atoms with Crippen molar-refractivity contribution in [3.63, 3.8) is 0 Å². The first-order chi connectivity index (χ1) is 4.04. The minimum Gasteiger partial charge on any atom is -0.481 e. The first-order valence-electron chi connectivity index (χ1n) is 2.17. The van der Waals surface area contributed by atoms with Gasteiger partial charge in [-0.1, -0.05) is 6.58 Å². The van der Waals surface area contributed by atoms with Gasteiger partial charge in [0.05, 0.1) is 6.42 Å². The summed E-state index contributed by atoms with van der Waals surface area (Å²) in [5.41, 5.74) is -0.303. The summed E-state index contributed by atoms with van der Waals surface area (Å²) in [7, 11) is 0. The molecule has 0 bridgehead atoms. The molecule has 2 N–H and O–H groups in total. The van der Waals surface area contributed by atoms with Crippen LogP contribution in [0.3, 0.4) is 0 Å².